The van der Waals surface area contributed by atoms with Crippen molar-refractivity contribution in [2.24, 2.45) is 10.8 Å². The fourth-order valence-corrected chi connectivity index (χ4v) is 6.43. The minimum atomic E-state index is -1.55. The summed E-state index contributed by atoms with van der Waals surface area (Å²) in [6.07, 6.45) is -3.09. The van der Waals surface area contributed by atoms with Crippen LogP contribution in [0.2, 0.25) is 0 Å². The molecule has 208 valence electrons. The summed E-state index contributed by atoms with van der Waals surface area (Å²) in [5, 5.41) is 30.9. The molecule has 4 aromatic rings. The van der Waals surface area contributed by atoms with Crippen LogP contribution < -0.4 is 0 Å². The number of fused-ring (bicyclic) bond motifs is 1. The van der Waals surface area contributed by atoms with Crippen molar-refractivity contribution >= 4 is 39.1 Å². The predicted molar refractivity (Wildman–Crippen MR) is 158 cm³/mol. The Balaban J connectivity index is 2.01. The normalized spacial score (nSPS) is 12.4. The van der Waals surface area contributed by atoms with Crippen molar-refractivity contribution in [2.75, 3.05) is 0 Å². The second-order valence-electron chi connectivity index (χ2n) is 11.7. The Morgan fingerprint density at radius 3 is 1.73 bits per heavy atom. The SMILES string of the molecule is CC(C)(C)C(c1ccc(-c2nc3c(O)c(Br)ccc3nc2-c2ccccc2)cc1)(N(C(=O)O)C(=O)O)C(C)(C)C. The summed E-state index contributed by atoms with van der Waals surface area (Å²) in [5.41, 5.74) is 0.928. The van der Waals surface area contributed by atoms with Crippen molar-refractivity contribution in [1.29, 1.82) is 0 Å². The van der Waals surface area contributed by atoms with Gasteiger partial charge in [0.05, 0.1) is 26.9 Å². The maximum absolute atomic E-state index is 12.4. The van der Waals surface area contributed by atoms with E-state index in [2.05, 4.69) is 15.9 Å². The summed E-state index contributed by atoms with van der Waals surface area (Å²) in [6, 6.07) is 20.2. The lowest BCUT2D eigenvalue weighted by atomic mass is 9.56. The molecule has 4 rings (SSSR count). The van der Waals surface area contributed by atoms with E-state index in [0.717, 1.165) is 5.56 Å². The van der Waals surface area contributed by atoms with Crippen molar-refractivity contribution in [3.05, 3.63) is 76.8 Å². The van der Waals surface area contributed by atoms with Gasteiger partial charge >= 0.3 is 12.2 Å². The third-order valence-corrected chi connectivity index (χ3v) is 7.91. The lowest BCUT2D eigenvalue weighted by molar-refractivity contribution is -0.0664. The zero-order valence-corrected chi connectivity index (χ0v) is 24.8. The number of carbonyl (C=O) groups is 2. The van der Waals surface area contributed by atoms with E-state index < -0.39 is 28.6 Å². The van der Waals surface area contributed by atoms with Crippen molar-refractivity contribution in [3.63, 3.8) is 0 Å². The van der Waals surface area contributed by atoms with Gasteiger partial charge in [-0.1, -0.05) is 96.1 Å². The minimum absolute atomic E-state index is 0.0273. The van der Waals surface area contributed by atoms with Gasteiger partial charge in [0.2, 0.25) is 0 Å². The number of hydrogen-bond acceptors (Lipinski definition) is 5. The van der Waals surface area contributed by atoms with Crippen LogP contribution in [0.3, 0.4) is 0 Å². The van der Waals surface area contributed by atoms with Crippen LogP contribution in [-0.4, -0.2) is 42.4 Å². The average molecular weight is 607 g/mol. The van der Waals surface area contributed by atoms with E-state index in [1.165, 1.54) is 0 Å². The number of nitrogens with zero attached hydrogens (tertiary/aromatic N) is 3. The lowest BCUT2D eigenvalue weighted by Gasteiger charge is -2.56. The van der Waals surface area contributed by atoms with Crippen molar-refractivity contribution < 1.29 is 24.9 Å². The average Bonchev–Trinajstić information content (AvgIpc) is 2.87. The molecule has 8 nitrogen and oxygen atoms in total. The van der Waals surface area contributed by atoms with Gasteiger partial charge in [0, 0.05) is 11.1 Å². The highest BCUT2D eigenvalue weighted by Gasteiger charge is 2.60. The fourth-order valence-electron chi connectivity index (χ4n) is 6.11. The molecule has 1 heterocycles. The molecular weight excluding hydrogens is 574 g/mol. The molecule has 0 saturated carbocycles. The summed E-state index contributed by atoms with van der Waals surface area (Å²) in [4.78, 5) is 35.0. The van der Waals surface area contributed by atoms with Gasteiger partial charge in [0.15, 0.2) is 5.75 Å². The summed E-state index contributed by atoms with van der Waals surface area (Å²) in [5.74, 6) is -0.0273. The number of hydrogen-bond donors (Lipinski definition) is 3. The topological polar surface area (TPSA) is 124 Å². The maximum Gasteiger partial charge on any atom is 0.417 e. The van der Waals surface area contributed by atoms with Crippen LogP contribution >= 0.6 is 15.9 Å². The molecule has 0 bridgehead atoms. The third-order valence-electron chi connectivity index (χ3n) is 7.27. The van der Waals surface area contributed by atoms with Crippen LogP contribution in [0, 0.1) is 10.8 Å². The highest BCUT2D eigenvalue weighted by Crippen LogP contribution is 2.56. The molecule has 0 radical (unpaired) electrons. The first-order chi connectivity index (χ1) is 18.6. The van der Waals surface area contributed by atoms with Crippen LogP contribution in [0.15, 0.2) is 71.2 Å². The number of rotatable bonds is 4. The third kappa shape index (κ3) is 4.68. The molecule has 3 N–H and O–H groups in total. The Labute approximate surface area is 241 Å². The Morgan fingerprint density at radius 2 is 1.23 bits per heavy atom. The molecule has 0 aliphatic heterocycles. The van der Waals surface area contributed by atoms with Crippen LogP contribution in [-0.2, 0) is 5.54 Å². The van der Waals surface area contributed by atoms with Gasteiger partial charge in [-0.15, -0.1) is 0 Å². The first kappa shape index (κ1) is 29.0. The quantitative estimate of drug-likeness (QED) is 0.213. The van der Waals surface area contributed by atoms with Gasteiger partial charge in [-0.05, 0) is 44.5 Å². The summed E-state index contributed by atoms with van der Waals surface area (Å²) in [7, 11) is 0. The highest BCUT2D eigenvalue weighted by atomic mass is 79.9. The lowest BCUT2D eigenvalue weighted by Crippen LogP contribution is -2.64. The number of aromatic hydroxyl groups is 1. The van der Waals surface area contributed by atoms with Gasteiger partial charge in [0.1, 0.15) is 5.52 Å². The molecule has 0 unspecified atom stereocenters. The number of carboxylic acid groups (broad SMARTS) is 2. The molecule has 0 saturated heterocycles. The number of amides is 2. The molecule has 3 aromatic carbocycles. The number of phenolic OH excluding ortho intramolecular Hbond substituents is 1. The van der Waals surface area contributed by atoms with E-state index in [4.69, 9.17) is 9.97 Å². The number of halogens is 1. The number of phenols is 1. The van der Waals surface area contributed by atoms with Crippen LogP contribution in [0.5, 0.6) is 5.75 Å². The molecule has 40 heavy (non-hydrogen) atoms. The first-order valence-corrected chi connectivity index (χ1v) is 13.5. The summed E-state index contributed by atoms with van der Waals surface area (Å²) >= 11 is 3.35. The zero-order valence-electron chi connectivity index (χ0n) is 23.2. The summed E-state index contributed by atoms with van der Waals surface area (Å²) < 4.78 is 0.491. The molecule has 0 atom stereocenters. The maximum atomic E-state index is 12.4. The molecule has 2 amide bonds. The minimum Gasteiger partial charge on any atom is -0.504 e. The Morgan fingerprint density at radius 1 is 0.725 bits per heavy atom. The van der Waals surface area contributed by atoms with Crippen LogP contribution in [0.4, 0.5) is 9.59 Å². The van der Waals surface area contributed by atoms with Gasteiger partial charge in [-0.3, -0.25) is 0 Å². The Bertz CT molecular complexity index is 1560. The highest BCUT2D eigenvalue weighted by molar-refractivity contribution is 9.10. The van der Waals surface area contributed by atoms with E-state index in [-0.39, 0.29) is 5.75 Å². The fraction of sp³-hybridized carbons (Fsp3) is 0.290. The van der Waals surface area contributed by atoms with Gasteiger partial charge in [-0.2, -0.15) is 0 Å². The van der Waals surface area contributed by atoms with Crippen molar-refractivity contribution in [3.8, 4) is 28.3 Å². The van der Waals surface area contributed by atoms with Crippen LogP contribution in [0.25, 0.3) is 33.5 Å². The smallest absolute Gasteiger partial charge is 0.417 e. The van der Waals surface area contributed by atoms with E-state index in [0.29, 0.717) is 42.9 Å². The molecule has 9 heteroatoms. The molecule has 0 spiro atoms. The molecule has 1 aromatic heterocycles. The molecular formula is C31H32BrN3O5. The predicted octanol–water partition coefficient (Wildman–Crippen LogP) is 8.38. The van der Waals surface area contributed by atoms with E-state index in [1.54, 1.807) is 36.4 Å². The largest absolute Gasteiger partial charge is 0.504 e. The van der Waals surface area contributed by atoms with Gasteiger partial charge in [0.25, 0.3) is 0 Å². The first-order valence-electron chi connectivity index (χ1n) is 12.7. The molecule has 0 aliphatic rings. The second kappa shape index (κ2) is 10.2. The zero-order chi connectivity index (χ0) is 29.6. The number of benzene rings is 3. The number of imide groups is 1. The molecule has 0 fully saturated rings. The van der Waals surface area contributed by atoms with E-state index in [1.807, 2.05) is 71.9 Å². The van der Waals surface area contributed by atoms with Gasteiger partial charge < -0.3 is 15.3 Å². The molecule has 0 aliphatic carbocycles. The monoisotopic (exact) mass is 605 g/mol. The van der Waals surface area contributed by atoms with Crippen LogP contribution in [0.1, 0.15) is 47.1 Å². The number of aromatic nitrogens is 2. The van der Waals surface area contributed by atoms with E-state index in [9.17, 15) is 24.9 Å². The summed E-state index contributed by atoms with van der Waals surface area (Å²) in [6.45, 7) is 11.0. The Kier molecular flexibility index (Phi) is 7.40. The van der Waals surface area contributed by atoms with E-state index >= 15 is 0 Å². The van der Waals surface area contributed by atoms with Crippen molar-refractivity contribution in [1.82, 2.24) is 14.9 Å². The Hall–Kier alpha value is -3.98. The van der Waals surface area contributed by atoms with Gasteiger partial charge in [-0.25, -0.2) is 24.5 Å². The standard InChI is InChI=1S/C31H32BrN3O5/c1-29(2,3)31(30(4,5)6,35(27(37)38)28(39)40)20-14-12-19(13-15-20)24-23(18-10-8-7-9-11-18)33-22-17-16-21(32)26(36)25(22)34-24/h7-17,36H,1-6H3,(H,37,38)(H,39,40). The van der Waals surface area contributed by atoms with Crippen molar-refractivity contribution in [2.45, 2.75) is 47.1 Å². The second-order valence-corrected chi connectivity index (χ2v) is 12.6.